The van der Waals surface area contributed by atoms with Crippen molar-refractivity contribution in [3.05, 3.63) is 17.0 Å². The fourth-order valence-corrected chi connectivity index (χ4v) is 4.36. The number of hydrogen-bond donors (Lipinski definition) is 2. The molecule has 1 fully saturated rings. The van der Waals surface area contributed by atoms with Crippen LogP contribution in [0.4, 0.5) is 0 Å². The molecule has 146 valence electrons. The fourth-order valence-electron chi connectivity index (χ4n) is 2.94. The number of ether oxygens (including phenoxy) is 1. The van der Waals surface area contributed by atoms with Crippen molar-refractivity contribution in [2.24, 2.45) is 0 Å². The van der Waals surface area contributed by atoms with Gasteiger partial charge >= 0.3 is 5.97 Å². The summed E-state index contributed by atoms with van der Waals surface area (Å²) in [5.41, 5.74) is 0.709. The summed E-state index contributed by atoms with van der Waals surface area (Å²) in [5, 5.41) is 0. The number of aromatic amines is 1. The highest BCUT2D eigenvalue weighted by atomic mass is 32.2. The van der Waals surface area contributed by atoms with Crippen molar-refractivity contribution in [3.8, 4) is 0 Å². The van der Waals surface area contributed by atoms with Gasteiger partial charge in [-0.2, -0.15) is 0 Å². The van der Waals surface area contributed by atoms with Gasteiger partial charge in [-0.05, 0) is 27.8 Å². The third-order valence-corrected chi connectivity index (χ3v) is 5.91. The van der Waals surface area contributed by atoms with E-state index >= 15 is 0 Å². The number of carbonyl (C=O) groups excluding carboxylic acids is 2. The molecule has 1 amide bonds. The molecule has 2 heterocycles. The fraction of sp³-hybridized carbons (Fsp3) is 0.625. The normalized spacial score (nSPS) is 15.9. The number of sulfonamides is 1. The summed E-state index contributed by atoms with van der Waals surface area (Å²) in [4.78, 5) is 30.8. The summed E-state index contributed by atoms with van der Waals surface area (Å²) in [6, 6.07) is 0. The number of aryl methyl sites for hydroxylation is 2. The first-order valence-corrected chi connectivity index (χ1v) is 9.98. The molecule has 0 radical (unpaired) electrons. The predicted octanol–water partition coefficient (Wildman–Crippen LogP) is -0.139. The van der Waals surface area contributed by atoms with Gasteiger partial charge in [0, 0.05) is 37.6 Å². The van der Waals surface area contributed by atoms with E-state index in [0.717, 1.165) is 13.1 Å². The summed E-state index contributed by atoms with van der Waals surface area (Å²) in [6.45, 7) is 7.23. The Bertz CT molecular complexity index is 779. The minimum Gasteiger partial charge on any atom is -0.462 e. The molecule has 0 bridgehead atoms. The van der Waals surface area contributed by atoms with Crippen LogP contribution in [-0.4, -0.2) is 81.5 Å². The number of amides is 1. The van der Waals surface area contributed by atoms with Gasteiger partial charge in [0.2, 0.25) is 15.9 Å². The van der Waals surface area contributed by atoms with Gasteiger partial charge in [-0.25, -0.2) is 17.9 Å². The maximum atomic E-state index is 12.7. The number of piperazine rings is 1. The lowest BCUT2D eigenvalue weighted by Crippen LogP contribution is -2.50. The van der Waals surface area contributed by atoms with Crippen molar-refractivity contribution < 1.29 is 22.7 Å². The predicted molar refractivity (Wildman–Crippen MR) is 95.5 cm³/mol. The molecule has 0 aromatic carbocycles. The summed E-state index contributed by atoms with van der Waals surface area (Å²) in [7, 11) is -2.08. The first-order chi connectivity index (χ1) is 12.2. The number of rotatable bonds is 6. The van der Waals surface area contributed by atoms with Crippen LogP contribution in [0.1, 0.15) is 28.7 Å². The minimum atomic E-state index is -4.05. The smallest absolute Gasteiger partial charge is 0.341 e. The monoisotopic (exact) mass is 386 g/mol. The Balaban J connectivity index is 2.15. The summed E-state index contributed by atoms with van der Waals surface area (Å²) < 4.78 is 32.7. The molecule has 26 heavy (non-hydrogen) atoms. The molecular formula is C16H26N4O5S. The maximum Gasteiger partial charge on any atom is 0.341 e. The van der Waals surface area contributed by atoms with Crippen LogP contribution in [0.5, 0.6) is 0 Å². The Labute approximate surface area is 153 Å². The zero-order chi connectivity index (χ0) is 19.5. The molecule has 0 unspecified atom stereocenters. The van der Waals surface area contributed by atoms with Gasteiger partial charge in [0.15, 0.2) is 0 Å². The number of esters is 1. The van der Waals surface area contributed by atoms with Crippen LogP contribution in [0, 0.1) is 13.8 Å². The minimum absolute atomic E-state index is 0.0242. The van der Waals surface area contributed by atoms with Crippen LogP contribution in [0.2, 0.25) is 0 Å². The Hall–Kier alpha value is -1.91. The molecule has 2 N–H and O–H groups in total. The second kappa shape index (κ2) is 8.19. The van der Waals surface area contributed by atoms with Crippen LogP contribution >= 0.6 is 0 Å². The maximum absolute atomic E-state index is 12.7. The average Bonchev–Trinajstić information content (AvgIpc) is 2.88. The average molecular weight is 386 g/mol. The van der Waals surface area contributed by atoms with E-state index in [0.29, 0.717) is 24.5 Å². The highest BCUT2D eigenvalue weighted by Gasteiger charge is 2.30. The molecule has 1 saturated heterocycles. The molecule has 0 aliphatic carbocycles. The molecule has 0 saturated carbocycles. The van der Waals surface area contributed by atoms with E-state index in [1.807, 2.05) is 7.05 Å². The number of H-pyrrole nitrogens is 1. The zero-order valence-electron chi connectivity index (χ0n) is 15.6. The Kier molecular flexibility index (Phi) is 6.43. The van der Waals surface area contributed by atoms with Crippen LogP contribution in [0.3, 0.4) is 0 Å². The van der Waals surface area contributed by atoms with Crippen LogP contribution in [-0.2, 0) is 19.6 Å². The van der Waals surface area contributed by atoms with Crippen molar-refractivity contribution in [1.29, 1.82) is 0 Å². The van der Waals surface area contributed by atoms with E-state index in [1.54, 1.807) is 25.7 Å². The van der Waals surface area contributed by atoms with E-state index in [2.05, 4.69) is 14.6 Å². The first-order valence-electron chi connectivity index (χ1n) is 8.49. The van der Waals surface area contributed by atoms with Gasteiger partial charge in [0.05, 0.1) is 13.2 Å². The summed E-state index contributed by atoms with van der Waals surface area (Å²) in [6.07, 6.45) is 0. The van der Waals surface area contributed by atoms with Gasteiger partial charge in [-0.3, -0.25) is 4.79 Å². The van der Waals surface area contributed by atoms with Crippen molar-refractivity contribution in [1.82, 2.24) is 19.5 Å². The highest BCUT2D eigenvalue weighted by molar-refractivity contribution is 7.89. The lowest BCUT2D eigenvalue weighted by Gasteiger charge is -2.32. The Morgan fingerprint density at radius 3 is 2.35 bits per heavy atom. The lowest BCUT2D eigenvalue weighted by molar-refractivity contribution is -0.131. The van der Waals surface area contributed by atoms with Crippen LogP contribution in [0.15, 0.2) is 4.90 Å². The third kappa shape index (κ3) is 4.43. The number of nitrogens with one attached hydrogen (secondary N) is 2. The van der Waals surface area contributed by atoms with Crippen molar-refractivity contribution in [2.75, 3.05) is 46.4 Å². The third-order valence-electron chi connectivity index (χ3n) is 4.34. The Morgan fingerprint density at radius 1 is 1.15 bits per heavy atom. The molecule has 0 atom stereocenters. The van der Waals surface area contributed by atoms with E-state index in [1.165, 1.54) is 0 Å². The number of hydrogen-bond acceptors (Lipinski definition) is 6. The lowest BCUT2D eigenvalue weighted by atomic mass is 10.2. The molecule has 1 aliphatic rings. The molecular weight excluding hydrogens is 360 g/mol. The van der Waals surface area contributed by atoms with Gasteiger partial charge < -0.3 is 19.5 Å². The second-order valence-electron chi connectivity index (χ2n) is 6.31. The zero-order valence-corrected chi connectivity index (χ0v) is 16.4. The molecule has 1 aliphatic heterocycles. The van der Waals surface area contributed by atoms with Crippen LogP contribution in [0.25, 0.3) is 0 Å². The Morgan fingerprint density at radius 2 is 1.77 bits per heavy atom. The highest BCUT2D eigenvalue weighted by Crippen LogP contribution is 2.24. The topological polar surface area (TPSA) is 112 Å². The molecule has 10 heteroatoms. The van der Waals surface area contributed by atoms with Gasteiger partial charge in [0.1, 0.15) is 10.5 Å². The largest absolute Gasteiger partial charge is 0.462 e. The quantitative estimate of drug-likeness (QED) is 0.658. The van der Waals surface area contributed by atoms with Gasteiger partial charge in [0.25, 0.3) is 0 Å². The summed E-state index contributed by atoms with van der Waals surface area (Å²) in [5.74, 6) is -0.996. The van der Waals surface area contributed by atoms with E-state index < -0.39 is 16.0 Å². The van der Waals surface area contributed by atoms with E-state index in [9.17, 15) is 18.0 Å². The molecule has 9 nitrogen and oxygen atoms in total. The van der Waals surface area contributed by atoms with Crippen molar-refractivity contribution >= 4 is 21.9 Å². The molecule has 0 spiro atoms. The molecule has 1 aromatic rings. The standard InChI is InChI=1S/C16H26N4O5S/c1-5-25-16(22)14-11(2)18-12(3)15(14)26(23,24)17-10-13(21)20-8-6-19(4)7-9-20/h17-18H,5-10H2,1-4H3. The van der Waals surface area contributed by atoms with Gasteiger partial charge in [-0.1, -0.05) is 0 Å². The van der Waals surface area contributed by atoms with E-state index in [-0.39, 0.29) is 29.5 Å². The van der Waals surface area contributed by atoms with Crippen molar-refractivity contribution in [3.63, 3.8) is 0 Å². The number of likely N-dealkylation sites (N-methyl/N-ethyl adjacent to an activating group) is 1. The van der Waals surface area contributed by atoms with Gasteiger partial charge in [-0.15, -0.1) is 0 Å². The molecule has 2 rings (SSSR count). The van der Waals surface area contributed by atoms with Crippen molar-refractivity contribution in [2.45, 2.75) is 25.7 Å². The molecule has 1 aromatic heterocycles. The number of aromatic nitrogens is 1. The second-order valence-corrected chi connectivity index (χ2v) is 8.01. The SMILES string of the molecule is CCOC(=O)c1c(C)[nH]c(C)c1S(=O)(=O)NCC(=O)N1CCN(C)CC1. The van der Waals surface area contributed by atoms with E-state index in [4.69, 9.17) is 4.74 Å². The number of carbonyl (C=O) groups is 2. The first kappa shape index (κ1) is 20.4. The van der Waals surface area contributed by atoms with Crippen LogP contribution < -0.4 is 4.72 Å². The summed E-state index contributed by atoms with van der Waals surface area (Å²) >= 11 is 0. The number of nitrogens with zero attached hydrogens (tertiary/aromatic N) is 2.